The van der Waals surface area contributed by atoms with E-state index >= 15 is 0 Å². The number of nitrogens with two attached hydrogens (primary N) is 1. The maximum Gasteiger partial charge on any atom is 0.282 e. The van der Waals surface area contributed by atoms with Crippen molar-refractivity contribution in [2.75, 3.05) is 12.4 Å². The molecular weight excluding hydrogens is 300 g/mol. The largest absolute Gasteiger partial charge is 0.497 e. The molecule has 0 fully saturated rings. The van der Waals surface area contributed by atoms with E-state index in [0.717, 1.165) is 23.4 Å². The Morgan fingerprint density at radius 1 is 1.21 bits per heavy atom. The van der Waals surface area contributed by atoms with Crippen molar-refractivity contribution >= 4 is 11.6 Å². The van der Waals surface area contributed by atoms with Gasteiger partial charge in [0.05, 0.1) is 7.11 Å². The van der Waals surface area contributed by atoms with Crippen LogP contribution < -0.4 is 15.4 Å². The van der Waals surface area contributed by atoms with Crippen LogP contribution in [0.4, 0.5) is 5.69 Å². The van der Waals surface area contributed by atoms with Crippen molar-refractivity contribution in [3.05, 3.63) is 59.7 Å². The number of hydrogen-bond donors (Lipinski definition) is 2. The maximum atomic E-state index is 12.4. The number of carbonyl (C=O) groups is 1. The van der Waals surface area contributed by atoms with Gasteiger partial charge < -0.3 is 15.4 Å². The van der Waals surface area contributed by atoms with E-state index in [1.807, 2.05) is 50.2 Å². The molecule has 0 bridgehead atoms. The number of anilines is 1. The molecular formula is C20H27N2O2+. The minimum atomic E-state index is -0.169. The van der Waals surface area contributed by atoms with E-state index in [1.54, 1.807) is 7.11 Å². The molecule has 0 saturated heterocycles. The number of rotatable bonds is 7. The summed E-state index contributed by atoms with van der Waals surface area (Å²) in [4.78, 5) is 12.4. The molecule has 4 heteroatoms. The fraction of sp³-hybridized carbons (Fsp3) is 0.350. The first kappa shape index (κ1) is 18.0. The molecule has 2 aromatic carbocycles. The first-order valence-electron chi connectivity index (χ1n) is 8.40. The van der Waals surface area contributed by atoms with E-state index in [4.69, 9.17) is 4.74 Å². The van der Waals surface area contributed by atoms with Crippen LogP contribution in [-0.4, -0.2) is 19.1 Å². The Morgan fingerprint density at radius 2 is 1.92 bits per heavy atom. The molecule has 4 nitrogen and oxygen atoms in total. The molecule has 0 aliphatic carbocycles. The smallest absolute Gasteiger partial charge is 0.282 e. The molecule has 0 radical (unpaired) electrons. The highest BCUT2D eigenvalue weighted by atomic mass is 16.5. The van der Waals surface area contributed by atoms with E-state index in [-0.39, 0.29) is 18.0 Å². The number of hydrogen-bond acceptors (Lipinski definition) is 2. The van der Waals surface area contributed by atoms with Gasteiger partial charge in [-0.3, -0.25) is 4.79 Å². The van der Waals surface area contributed by atoms with Gasteiger partial charge in [-0.2, -0.15) is 0 Å². The predicted octanol–water partition coefficient (Wildman–Crippen LogP) is 3.05. The van der Waals surface area contributed by atoms with Gasteiger partial charge in [-0.15, -0.1) is 0 Å². The zero-order valence-corrected chi connectivity index (χ0v) is 14.9. The molecule has 0 aliphatic rings. The molecule has 0 aromatic heterocycles. The van der Waals surface area contributed by atoms with Crippen LogP contribution in [0, 0.1) is 6.92 Å². The Kier molecular flexibility index (Phi) is 6.38. The van der Waals surface area contributed by atoms with Gasteiger partial charge >= 0.3 is 0 Å². The Bertz CT molecular complexity index is 668. The molecule has 2 rings (SSSR count). The molecule has 24 heavy (non-hydrogen) atoms. The standard InChI is InChI=1S/C20H26N2O2/c1-5-19(16-9-11-18(24-4)12-10-16)21-15(3)20(23)22-17-8-6-7-14(2)13-17/h6-13,15,19,21H,5H2,1-4H3,(H,22,23)/p+1/t15-,19+/m0/s1. The number of methoxy groups -OCH3 is 1. The minimum absolute atomic E-state index is 0.0209. The maximum absolute atomic E-state index is 12.4. The number of quaternary nitrogens is 1. The lowest BCUT2D eigenvalue weighted by Crippen LogP contribution is -2.92. The summed E-state index contributed by atoms with van der Waals surface area (Å²) in [6.45, 7) is 6.09. The lowest BCUT2D eigenvalue weighted by Gasteiger charge is -2.19. The minimum Gasteiger partial charge on any atom is -0.497 e. The first-order chi connectivity index (χ1) is 11.5. The van der Waals surface area contributed by atoms with E-state index in [9.17, 15) is 4.79 Å². The lowest BCUT2D eigenvalue weighted by atomic mass is 10.0. The van der Waals surface area contributed by atoms with Crippen LogP contribution in [0.15, 0.2) is 48.5 Å². The second-order valence-corrected chi connectivity index (χ2v) is 6.13. The highest BCUT2D eigenvalue weighted by Gasteiger charge is 2.22. The second kappa shape index (κ2) is 8.50. The summed E-state index contributed by atoms with van der Waals surface area (Å²) < 4.78 is 5.20. The topological polar surface area (TPSA) is 54.9 Å². The van der Waals surface area contributed by atoms with Crippen LogP contribution in [0.2, 0.25) is 0 Å². The van der Waals surface area contributed by atoms with Crippen LogP contribution in [-0.2, 0) is 4.79 Å². The molecule has 1 amide bonds. The van der Waals surface area contributed by atoms with Gasteiger partial charge in [0.25, 0.3) is 5.91 Å². The van der Waals surface area contributed by atoms with Gasteiger partial charge in [-0.1, -0.05) is 19.1 Å². The van der Waals surface area contributed by atoms with Gasteiger partial charge in [0, 0.05) is 17.7 Å². The van der Waals surface area contributed by atoms with Gasteiger partial charge in [-0.05, 0) is 55.8 Å². The molecule has 2 aromatic rings. The summed E-state index contributed by atoms with van der Waals surface area (Å²) >= 11 is 0. The van der Waals surface area contributed by atoms with Gasteiger partial charge in [-0.25, -0.2) is 0 Å². The summed E-state index contributed by atoms with van der Waals surface area (Å²) in [6.07, 6.45) is 0.953. The highest BCUT2D eigenvalue weighted by molar-refractivity contribution is 5.93. The van der Waals surface area contributed by atoms with Crippen LogP contribution in [0.1, 0.15) is 37.4 Å². The van der Waals surface area contributed by atoms with E-state index in [1.165, 1.54) is 5.56 Å². The Morgan fingerprint density at radius 3 is 2.50 bits per heavy atom. The lowest BCUT2D eigenvalue weighted by molar-refractivity contribution is -0.713. The number of benzene rings is 2. The number of ether oxygens (including phenoxy) is 1. The quantitative estimate of drug-likeness (QED) is 0.821. The Labute approximate surface area is 144 Å². The summed E-state index contributed by atoms with van der Waals surface area (Å²) in [5, 5.41) is 5.11. The number of nitrogens with one attached hydrogen (secondary N) is 1. The summed E-state index contributed by atoms with van der Waals surface area (Å²) in [6, 6.07) is 16.0. The zero-order valence-electron chi connectivity index (χ0n) is 14.9. The number of amides is 1. The van der Waals surface area contributed by atoms with E-state index in [2.05, 4.69) is 29.7 Å². The van der Waals surface area contributed by atoms with Crippen molar-refractivity contribution in [2.24, 2.45) is 0 Å². The molecule has 0 unspecified atom stereocenters. The van der Waals surface area contributed by atoms with Gasteiger partial charge in [0.2, 0.25) is 0 Å². The molecule has 0 spiro atoms. The van der Waals surface area contributed by atoms with Crippen molar-refractivity contribution < 1.29 is 14.8 Å². The summed E-state index contributed by atoms with van der Waals surface area (Å²) in [5.41, 5.74) is 3.18. The van der Waals surface area contributed by atoms with Crippen molar-refractivity contribution in [1.82, 2.24) is 0 Å². The monoisotopic (exact) mass is 327 g/mol. The normalized spacial score (nSPS) is 13.2. The molecule has 0 aliphatic heterocycles. The fourth-order valence-electron chi connectivity index (χ4n) is 2.75. The van der Waals surface area contributed by atoms with Crippen LogP contribution in [0.25, 0.3) is 0 Å². The predicted molar refractivity (Wildman–Crippen MR) is 97.2 cm³/mol. The van der Waals surface area contributed by atoms with Crippen molar-refractivity contribution in [3.63, 3.8) is 0 Å². The third-order valence-electron chi connectivity index (χ3n) is 4.20. The molecule has 0 heterocycles. The van der Waals surface area contributed by atoms with Gasteiger partial charge in [0.15, 0.2) is 6.04 Å². The van der Waals surface area contributed by atoms with Crippen LogP contribution in [0.5, 0.6) is 5.75 Å². The summed E-state index contributed by atoms with van der Waals surface area (Å²) in [7, 11) is 1.66. The van der Waals surface area contributed by atoms with E-state index < -0.39 is 0 Å². The Balaban J connectivity index is 1.99. The first-order valence-corrected chi connectivity index (χ1v) is 8.40. The molecule has 2 atom stereocenters. The SMILES string of the molecule is CC[C@@H]([NH2+][C@@H](C)C(=O)Nc1cccc(C)c1)c1ccc(OC)cc1. The molecule has 128 valence electrons. The van der Waals surface area contributed by atoms with Gasteiger partial charge in [0.1, 0.15) is 11.8 Å². The fourth-order valence-corrected chi connectivity index (χ4v) is 2.75. The van der Waals surface area contributed by atoms with Crippen LogP contribution in [0.3, 0.4) is 0 Å². The third-order valence-corrected chi connectivity index (χ3v) is 4.20. The highest BCUT2D eigenvalue weighted by Crippen LogP contribution is 2.17. The number of carbonyl (C=O) groups excluding carboxylic acids is 1. The second-order valence-electron chi connectivity index (χ2n) is 6.13. The average Bonchev–Trinajstić information content (AvgIpc) is 2.59. The summed E-state index contributed by atoms with van der Waals surface area (Å²) in [5.74, 6) is 0.867. The zero-order chi connectivity index (χ0) is 17.5. The number of aryl methyl sites for hydroxylation is 1. The molecule has 3 N–H and O–H groups in total. The third kappa shape index (κ3) is 4.83. The Hall–Kier alpha value is -2.33. The van der Waals surface area contributed by atoms with Crippen LogP contribution >= 0.6 is 0 Å². The van der Waals surface area contributed by atoms with Crippen molar-refractivity contribution in [3.8, 4) is 5.75 Å². The van der Waals surface area contributed by atoms with E-state index in [0.29, 0.717) is 0 Å². The van der Waals surface area contributed by atoms with Crippen molar-refractivity contribution in [1.29, 1.82) is 0 Å². The average molecular weight is 327 g/mol. The molecule has 0 saturated carbocycles. The van der Waals surface area contributed by atoms with Crippen molar-refractivity contribution in [2.45, 2.75) is 39.3 Å².